The zero-order valence-electron chi connectivity index (χ0n) is 26.8. The van der Waals surface area contributed by atoms with Crippen molar-refractivity contribution in [2.24, 2.45) is 5.92 Å². The molecule has 0 aliphatic carbocycles. The molecule has 0 saturated carbocycles. The van der Waals surface area contributed by atoms with Gasteiger partial charge in [0.2, 0.25) is 0 Å². The Morgan fingerprint density at radius 3 is 1.29 bits per heavy atom. The first-order valence-corrected chi connectivity index (χ1v) is 26.1. The number of rotatable bonds is 30. The van der Waals surface area contributed by atoms with Gasteiger partial charge < -0.3 is 0 Å². The zero-order valence-corrected chi connectivity index (χ0v) is 30.5. The summed E-state index contributed by atoms with van der Waals surface area (Å²) >= 11 is -0.991. The van der Waals surface area contributed by atoms with E-state index in [1.165, 1.54) is 155 Å². The van der Waals surface area contributed by atoms with E-state index >= 15 is 0 Å². The second-order valence-corrected chi connectivity index (χ2v) is 28.4. The minimum absolute atomic E-state index is 0.0260. The molecule has 0 fully saturated rings. The number of hydrogen-bond donors (Lipinski definition) is 1. The van der Waals surface area contributed by atoms with E-state index in [1.807, 2.05) is 11.8 Å². The Morgan fingerprint density at radius 1 is 0.579 bits per heavy atom. The van der Waals surface area contributed by atoms with Crippen molar-refractivity contribution in [1.82, 2.24) is 0 Å². The van der Waals surface area contributed by atoms with Crippen LogP contribution >= 0.6 is 11.8 Å². The van der Waals surface area contributed by atoms with E-state index in [9.17, 15) is 9.90 Å². The van der Waals surface area contributed by atoms with Gasteiger partial charge in [-0.1, -0.05) is 0 Å². The monoisotopic (exact) mass is 662 g/mol. The average molecular weight is 662 g/mol. The van der Waals surface area contributed by atoms with Crippen LogP contribution in [0.3, 0.4) is 0 Å². The molecule has 1 N–H and O–H groups in total. The molecule has 0 heterocycles. The molecule has 0 aromatic heterocycles. The van der Waals surface area contributed by atoms with Crippen LogP contribution in [0.25, 0.3) is 0 Å². The SMILES string of the molecule is CCCCCCC[CH2][Sn]([CH2]CCCCCCC)([CH2]CCCCCCC)[CH](SCC(CC)CCCC)C(=O)O. The fourth-order valence-electron chi connectivity index (χ4n) is 6.18. The molecule has 0 aliphatic rings. The molecule has 2 atom stereocenters. The molecule has 0 aromatic carbocycles. The van der Waals surface area contributed by atoms with Gasteiger partial charge in [-0.3, -0.25) is 0 Å². The zero-order chi connectivity index (χ0) is 28.3. The van der Waals surface area contributed by atoms with Crippen molar-refractivity contribution in [2.75, 3.05) is 5.75 Å². The van der Waals surface area contributed by atoms with Gasteiger partial charge in [0.05, 0.1) is 0 Å². The first-order valence-electron chi connectivity index (χ1n) is 17.4. The van der Waals surface area contributed by atoms with E-state index in [1.54, 1.807) is 0 Å². The van der Waals surface area contributed by atoms with Crippen LogP contribution in [-0.4, -0.2) is 38.5 Å². The topological polar surface area (TPSA) is 37.3 Å². The third-order valence-corrected chi connectivity index (χ3v) is 30.3. The average Bonchev–Trinajstić information content (AvgIpc) is 2.91. The molecular weight excluding hydrogens is 591 g/mol. The van der Waals surface area contributed by atoms with Crippen molar-refractivity contribution in [2.45, 2.75) is 192 Å². The molecule has 0 aliphatic heterocycles. The molecule has 38 heavy (non-hydrogen) atoms. The second kappa shape index (κ2) is 27.8. The summed E-state index contributed by atoms with van der Waals surface area (Å²) in [7, 11) is 0. The van der Waals surface area contributed by atoms with E-state index in [4.69, 9.17) is 0 Å². The van der Waals surface area contributed by atoms with Crippen LogP contribution in [0.2, 0.25) is 13.3 Å². The number of carboxylic acid groups (broad SMARTS) is 1. The van der Waals surface area contributed by atoms with Crippen molar-refractivity contribution < 1.29 is 9.90 Å². The number of aliphatic carboxylic acids is 1. The quantitative estimate of drug-likeness (QED) is 0.0615. The van der Waals surface area contributed by atoms with Gasteiger partial charge in [-0.15, -0.1) is 0 Å². The van der Waals surface area contributed by atoms with Gasteiger partial charge in [0.25, 0.3) is 0 Å². The van der Waals surface area contributed by atoms with Crippen LogP contribution in [0, 0.1) is 5.92 Å². The van der Waals surface area contributed by atoms with Gasteiger partial charge in [0.1, 0.15) is 0 Å². The van der Waals surface area contributed by atoms with Crippen molar-refractivity contribution >= 4 is 36.1 Å². The molecule has 0 aromatic rings. The third-order valence-electron chi connectivity index (χ3n) is 8.91. The van der Waals surface area contributed by atoms with Crippen LogP contribution in [-0.2, 0) is 4.79 Å². The van der Waals surface area contributed by atoms with Gasteiger partial charge in [0.15, 0.2) is 0 Å². The first kappa shape index (κ1) is 38.6. The summed E-state index contributed by atoms with van der Waals surface area (Å²) < 4.78 is 3.98. The molecule has 0 amide bonds. The second-order valence-electron chi connectivity index (χ2n) is 12.4. The maximum absolute atomic E-state index is 13.0. The molecule has 228 valence electrons. The molecule has 0 saturated heterocycles. The van der Waals surface area contributed by atoms with Gasteiger partial charge in [-0.25, -0.2) is 0 Å². The molecule has 4 heteroatoms. The molecule has 0 bridgehead atoms. The van der Waals surface area contributed by atoms with Gasteiger partial charge in [-0.05, 0) is 0 Å². The Balaban J connectivity index is 5.60. The molecular formula is C34H70O2SSn. The molecule has 2 unspecified atom stereocenters. The van der Waals surface area contributed by atoms with Crippen molar-refractivity contribution in [3.8, 4) is 0 Å². The summed E-state index contributed by atoms with van der Waals surface area (Å²) in [6, 6.07) is 0. The molecule has 2 nitrogen and oxygen atoms in total. The van der Waals surface area contributed by atoms with E-state index in [0.717, 1.165) is 5.75 Å². The summed E-state index contributed by atoms with van der Waals surface area (Å²) in [6.45, 7) is 11.5. The molecule has 0 rings (SSSR count). The predicted molar refractivity (Wildman–Crippen MR) is 177 cm³/mol. The van der Waals surface area contributed by atoms with E-state index in [0.29, 0.717) is 5.92 Å². The van der Waals surface area contributed by atoms with Crippen LogP contribution in [0.15, 0.2) is 0 Å². The fourth-order valence-corrected chi connectivity index (χ4v) is 27.8. The van der Waals surface area contributed by atoms with Crippen LogP contribution in [0.5, 0.6) is 0 Å². The van der Waals surface area contributed by atoms with Crippen molar-refractivity contribution in [1.29, 1.82) is 0 Å². The minimum atomic E-state index is -2.92. The van der Waals surface area contributed by atoms with Gasteiger partial charge in [0, 0.05) is 0 Å². The summed E-state index contributed by atoms with van der Waals surface area (Å²) in [6.07, 6.45) is 29.0. The summed E-state index contributed by atoms with van der Waals surface area (Å²) in [4.78, 5) is 13.0. The number of carboxylic acids is 1. The van der Waals surface area contributed by atoms with Crippen molar-refractivity contribution in [3.05, 3.63) is 0 Å². The van der Waals surface area contributed by atoms with E-state index in [-0.39, 0.29) is 3.27 Å². The standard InChI is InChI=1S/C10H19O2S.3C8H17.Sn/c1-3-5-6-9(4-2)7-13-8-10(11)12;3*1-3-5-7-8-6-4-2;/h8-9H,3-7H2,1-2H3,(H,11,12);3*1,3-8H2,2H3;. The Morgan fingerprint density at radius 2 is 0.947 bits per heavy atom. The number of hydrogen-bond acceptors (Lipinski definition) is 2. The number of thioether (sulfide) groups is 1. The normalized spacial score (nSPS) is 13.6. The van der Waals surface area contributed by atoms with Crippen LogP contribution in [0.4, 0.5) is 0 Å². The Kier molecular flexibility index (Phi) is 28.2. The summed E-state index contributed by atoms with van der Waals surface area (Å²) in [5.74, 6) is 1.34. The first-order chi connectivity index (χ1) is 18.5. The van der Waals surface area contributed by atoms with Crippen LogP contribution in [0.1, 0.15) is 176 Å². The Hall–Kier alpha value is 0.619. The Bertz CT molecular complexity index is 472. The Labute approximate surface area is 248 Å². The molecule has 0 radical (unpaired) electrons. The summed E-state index contributed by atoms with van der Waals surface area (Å²) in [5.41, 5.74) is 0. The van der Waals surface area contributed by atoms with E-state index in [2.05, 4.69) is 34.6 Å². The fraction of sp³-hybridized carbons (Fsp3) is 0.971. The predicted octanol–water partition coefficient (Wildman–Crippen LogP) is 12.5. The van der Waals surface area contributed by atoms with Gasteiger partial charge in [-0.2, -0.15) is 0 Å². The van der Waals surface area contributed by atoms with E-state index < -0.39 is 24.3 Å². The molecule has 0 spiro atoms. The van der Waals surface area contributed by atoms with Gasteiger partial charge >= 0.3 is 250 Å². The van der Waals surface area contributed by atoms with Crippen molar-refractivity contribution in [3.63, 3.8) is 0 Å². The number of unbranched alkanes of at least 4 members (excludes halogenated alkanes) is 16. The maximum atomic E-state index is 13.0. The third kappa shape index (κ3) is 19.7. The summed E-state index contributed by atoms with van der Waals surface area (Å²) in [5, 5.41) is 10.7. The van der Waals surface area contributed by atoms with Crippen LogP contribution < -0.4 is 0 Å². The number of carbonyl (C=O) groups is 1.